The Morgan fingerprint density at radius 3 is 2.71 bits per heavy atom. The van der Waals surface area contributed by atoms with Crippen molar-refractivity contribution in [2.24, 2.45) is 5.92 Å². The summed E-state index contributed by atoms with van der Waals surface area (Å²) in [6.07, 6.45) is 1.28. The van der Waals surface area contributed by atoms with Gasteiger partial charge in [0.1, 0.15) is 6.04 Å². The molecule has 1 fully saturated rings. The summed E-state index contributed by atoms with van der Waals surface area (Å²) < 4.78 is 0. The SMILES string of the molecule is CC1CCN(CC(C#N)NC(C)C)C1. The Balaban J connectivity index is 2.30. The Kier molecular flexibility index (Phi) is 4.37. The lowest BCUT2D eigenvalue weighted by molar-refractivity contribution is 0.298. The summed E-state index contributed by atoms with van der Waals surface area (Å²) in [5.41, 5.74) is 0. The third-order valence-corrected chi connectivity index (χ3v) is 2.64. The molecular weight excluding hydrogens is 174 g/mol. The number of likely N-dealkylation sites (tertiary alicyclic amines) is 1. The van der Waals surface area contributed by atoms with E-state index in [4.69, 9.17) is 5.26 Å². The molecule has 1 aliphatic heterocycles. The zero-order valence-electron chi connectivity index (χ0n) is 9.45. The predicted molar refractivity (Wildman–Crippen MR) is 57.9 cm³/mol. The molecule has 0 aromatic carbocycles. The molecule has 1 heterocycles. The lowest BCUT2D eigenvalue weighted by Crippen LogP contribution is -2.42. The van der Waals surface area contributed by atoms with E-state index in [2.05, 4.69) is 37.1 Å². The monoisotopic (exact) mass is 195 g/mol. The van der Waals surface area contributed by atoms with Gasteiger partial charge in [0.15, 0.2) is 0 Å². The highest BCUT2D eigenvalue weighted by Gasteiger charge is 2.21. The van der Waals surface area contributed by atoms with Crippen molar-refractivity contribution in [2.45, 2.75) is 39.3 Å². The van der Waals surface area contributed by atoms with E-state index in [0.717, 1.165) is 25.6 Å². The largest absolute Gasteiger partial charge is 0.300 e. The van der Waals surface area contributed by atoms with Crippen molar-refractivity contribution in [3.05, 3.63) is 0 Å². The van der Waals surface area contributed by atoms with E-state index < -0.39 is 0 Å². The van der Waals surface area contributed by atoms with Crippen molar-refractivity contribution in [3.8, 4) is 6.07 Å². The van der Waals surface area contributed by atoms with Gasteiger partial charge in [-0.2, -0.15) is 5.26 Å². The topological polar surface area (TPSA) is 39.1 Å². The van der Waals surface area contributed by atoms with Crippen molar-refractivity contribution >= 4 is 0 Å². The summed E-state index contributed by atoms with van der Waals surface area (Å²) >= 11 is 0. The fourth-order valence-corrected chi connectivity index (χ4v) is 1.98. The minimum atomic E-state index is -0.0136. The quantitative estimate of drug-likeness (QED) is 0.733. The summed E-state index contributed by atoms with van der Waals surface area (Å²) in [4.78, 5) is 2.38. The van der Waals surface area contributed by atoms with E-state index in [-0.39, 0.29) is 6.04 Å². The maximum atomic E-state index is 8.96. The first kappa shape index (κ1) is 11.5. The van der Waals surface area contributed by atoms with Gasteiger partial charge in [0.05, 0.1) is 6.07 Å². The van der Waals surface area contributed by atoms with Crippen LogP contribution in [0.5, 0.6) is 0 Å². The molecule has 14 heavy (non-hydrogen) atoms. The number of hydrogen-bond donors (Lipinski definition) is 1. The van der Waals surface area contributed by atoms with E-state index in [1.165, 1.54) is 6.42 Å². The van der Waals surface area contributed by atoms with Crippen LogP contribution in [0, 0.1) is 17.2 Å². The first-order valence-electron chi connectivity index (χ1n) is 5.50. The lowest BCUT2D eigenvalue weighted by Gasteiger charge is -2.21. The molecule has 0 aromatic heterocycles. The Labute approximate surface area is 87.1 Å². The number of nitrogens with one attached hydrogen (secondary N) is 1. The molecule has 0 saturated carbocycles. The van der Waals surface area contributed by atoms with Crippen LogP contribution in [-0.4, -0.2) is 36.6 Å². The van der Waals surface area contributed by atoms with Crippen molar-refractivity contribution in [1.29, 1.82) is 5.26 Å². The molecule has 2 atom stereocenters. The van der Waals surface area contributed by atoms with Crippen LogP contribution in [0.4, 0.5) is 0 Å². The average Bonchev–Trinajstić information content (AvgIpc) is 2.49. The van der Waals surface area contributed by atoms with Crippen LogP contribution in [0.1, 0.15) is 27.2 Å². The minimum Gasteiger partial charge on any atom is -0.300 e. The van der Waals surface area contributed by atoms with E-state index in [1.807, 2.05) is 0 Å². The molecule has 1 saturated heterocycles. The lowest BCUT2D eigenvalue weighted by atomic mass is 10.2. The standard InChI is InChI=1S/C11H21N3/c1-9(2)13-11(6-12)8-14-5-4-10(3)7-14/h9-11,13H,4-5,7-8H2,1-3H3. The van der Waals surface area contributed by atoms with Gasteiger partial charge in [-0.3, -0.25) is 5.32 Å². The second-order valence-corrected chi connectivity index (χ2v) is 4.66. The number of nitriles is 1. The molecule has 80 valence electrons. The molecular formula is C11H21N3. The molecule has 0 bridgehead atoms. The first-order chi connectivity index (χ1) is 6.61. The van der Waals surface area contributed by atoms with Crippen LogP contribution in [0.3, 0.4) is 0 Å². The van der Waals surface area contributed by atoms with Crippen molar-refractivity contribution in [1.82, 2.24) is 10.2 Å². The van der Waals surface area contributed by atoms with Gasteiger partial charge in [-0.25, -0.2) is 0 Å². The van der Waals surface area contributed by atoms with Crippen molar-refractivity contribution in [3.63, 3.8) is 0 Å². The molecule has 0 aromatic rings. The summed E-state index contributed by atoms with van der Waals surface area (Å²) in [6.45, 7) is 9.61. The van der Waals surface area contributed by atoms with Gasteiger partial charge < -0.3 is 4.90 Å². The summed E-state index contributed by atoms with van der Waals surface area (Å²) in [5.74, 6) is 0.799. The zero-order chi connectivity index (χ0) is 10.6. The first-order valence-corrected chi connectivity index (χ1v) is 5.50. The van der Waals surface area contributed by atoms with E-state index in [9.17, 15) is 0 Å². The molecule has 0 spiro atoms. The maximum absolute atomic E-state index is 8.96. The highest BCUT2D eigenvalue weighted by molar-refractivity contribution is 4.94. The number of rotatable bonds is 4. The van der Waals surface area contributed by atoms with Crippen LogP contribution >= 0.6 is 0 Å². The summed E-state index contributed by atoms with van der Waals surface area (Å²) in [7, 11) is 0. The summed E-state index contributed by atoms with van der Waals surface area (Å²) in [5, 5.41) is 12.2. The maximum Gasteiger partial charge on any atom is 0.108 e. The molecule has 0 amide bonds. The van der Waals surface area contributed by atoms with Crippen LogP contribution in [0.15, 0.2) is 0 Å². The zero-order valence-corrected chi connectivity index (χ0v) is 9.45. The molecule has 2 unspecified atom stereocenters. The molecule has 1 N–H and O–H groups in total. The normalized spacial score (nSPS) is 25.2. The Hall–Kier alpha value is -0.590. The van der Waals surface area contributed by atoms with Crippen LogP contribution < -0.4 is 5.32 Å². The second-order valence-electron chi connectivity index (χ2n) is 4.66. The molecule has 1 rings (SSSR count). The second kappa shape index (κ2) is 5.33. The Morgan fingerprint density at radius 1 is 1.57 bits per heavy atom. The van der Waals surface area contributed by atoms with Gasteiger partial charge in [0.25, 0.3) is 0 Å². The van der Waals surface area contributed by atoms with Gasteiger partial charge in [-0.05, 0) is 32.7 Å². The smallest absolute Gasteiger partial charge is 0.108 e. The van der Waals surface area contributed by atoms with E-state index >= 15 is 0 Å². The minimum absolute atomic E-state index is 0.0136. The van der Waals surface area contributed by atoms with E-state index in [1.54, 1.807) is 0 Å². The van der Waals surface area contributed by atoms with Crippen LogP contribution in [0.2, 0.25) is 0 Å². The van der Waals surface area contributed by atoms with Gasteiger partial charge in [0.2, 0.25) is 0 Å². The van der Waals surface area contributed by atoms with Crippen molar-refractivity contribution in [2.75, 3.05) is 19.6 Å². The fraction of sp³-hybridized carbons (Fsp3) is 0.909. The summed E-state index contributed by atoms with van der Waals surface area (Å²) in [6, 6.07) is 2.70. The highest BCUT2D eigenvalue weighted by atomic mass is 15.2. The molecule has 3 nitrogen and oxygen atoms in total. The molecule has 0 aliphatic carbocycles. The van der Waals surface area contributed by atoms with Gasteiger partial charge >= 0.3 is 0 Å². The fourth-order valence-electron chi connectivity index (χ4n) is 1.98. The van der Waals surface area contributed by atoms with Gasteiger partial charge in [-0.15, -0.1) is 0 Å². The third-order valence-electron chi connectivity index (χ3n) is 2.64. The van der Waals surface area contributed by atoms with Gasteiger partial charge in [-0.1, -0.05) is 6.92 Å². The van der Waals surface area contributed by atoms with E-state index in [0.29, 0.717) is 6.04 Å². The molecule has 0 radical (unpaired) electrons. The average molecular weight is 195 g/mol. The molecule has 1 aliphatic rings. The van der Waals surface area contributed by atoms with Crippen LogP contribution in [0.25, 0.3) is 0 Å². The Bertz CT molecular complexity index is 207. The third kappa shape index (κ3) is 3.65. The number of hydrogen-bond acceptors (Lipinski definition) is 3. The van der Waals surface area contributed by atoms with Crippen molar-refractivity contribution < 1.29 is 0 Å². The molecule has 3 heteroatoms. The highest BCUT2D eigenvalue weighted by Crippen LogP contribution is 2.14. The Morgan fingerprint density at radius 2 is 2.29 bits per heavy atom. The van der Waals surface area contributed by atoms with Gasteiger partial charge in [0, 0.05) is 19.1 Å². The number of nitrogens with zero attached hydrogens (tertiary/aromatic N) is 2. The van der Waals surface area contributed by atoms with Crippen LogP contribution in [-0.2, 0) is 0 Å². The predicted octanol–water partition coefficient (Wildman–Crippen LogP) is 1.22.